The lowest BCUT2D eigenvalue weighted by Crippen LogP contribution is -2.42. The normalized spacial score (nSPS) is 24.3. The molecule has 2 atom stereocenters. The topological polar surface area (TPSA) is 80.1 Å². The summed E-state index contributed by atoms with van der Waals surface area (Å²) in [5, 5.41) is 10.1. The van der Waals surface area contributed by atoms with Crippen molar-refractivity contribution in [3.8, 4) is 11.5 Å². The largest absolute Gasteiger partial charge is 0.334 e. The van der Waals surface area contributed by atoms with Gasteiger partial charge in [0.25, 0.3) is 5.89 Å². The summed E-state index contributed by atoms with van der Waals surface area (Å²) in [7, 11) is 0. The molecule has 0 radical (unpaired) electrons. The molecule has 4 rings (SSSR count). The molecule has 2 unspecified atom stereocenters. The molecule has 1 aliphatic carbocycles. The molecule has 1 saturated heterocycles. The highest BCUT2D eigenvalue weighted by molar-refractivity contribution is 5.95. The van der Waals surface area contributed by atoms with Crippen molar-refractivity contribution in [3.63, 3.8) is 0 Å². The Labute approximate surface area is 147 Å². The van der Waals surface area contributed by atoms with Gasteiger partial charge in [0.15, 0.2) is 6.33 Å². The van der Waals surface area contributed by atoms with E-state index in [0.717, 1.165) is 24.2 Å². The van der Waals surface area contributed by atoms with Crippen LogP contribution >= 0.6 is 0 Å². The summed E-state index contributed by atoms with van der Waals surface area (Å²) in [5.41, 5.74) is 1.64. The molecule has 2 aromatic rings. The van der Waals surface area contributed by atoms with E-state index in [4.69, 9.17) is 4.52 Å². The van der Waals surface area contributed by atoms with Crippen LogP contribution in [0.3, 0.4) is 0 Å². The van der Waals surface area contributed by atoms with E-state index in [0.29, 0.717) is 17.7 Å². The summed E-state index contributed by atoms with van der Waals surface area (Å²) < 4.78 is 5.04. The van der Waals surface area contributed by atoms with E-state index in [1.807, 2.05) is 24.3 Å². The van der Waals surface area contributed by atoms with Crippen molar-refractivity contribution in [2.24, 2.45) is 11.8 Å². The molecule has 2 N–H and O–H groups in total. The fourth-order valence-electron chi connectivity index (χ4n) is 4.30. The average Bonchev–Trinajstić information content (AvgIpc) is 3.35. The van der Waals surface area contributed by atoms with Crippen molar-refractivity contribution in [2.45, 2.75) is 44.6 Å². The number of nitrogens with one attached hydrogen (secondary N) is 2. The SMILES string of the molecule is O=C(Nc1ccc(-c2ncno2)cc1)C1NCCC1C1CCCCC1. The number of benzene rings is 1. The first-order valence-electron chi connectivity index (χ1n) is 9.22. The molecule has 1 aromatic carbocycles. The maximum absolute atomic E-state index is 12.8. The molecule has 6 nitrogen and oxygen atoms in total. The number of aromatic nitrogens is 2. The number of anilines is 1. The summed E-state index contributed by atoms with van der Waals surface area (Å²) in [6.45, 7) is 0.940. The van der Waals surface area contributed by atoms with Gasteiger partial charge in [-0.1, -0.05) is 37.3 Å². The van der Waals surface area contributed by atoms with Crippen molar-refractivity contribution < 1.29 is 9.32 Å². The Bertz CT molecular complexity index is 693. The standard InChI is InChI=1S/C19H24N4O2/c24-18(17-16(10-11-20-17)13-4-2-1-3-5-13)23-15-8-6-14(7-9-15)19-21-12-22-25-19/h6-9,12-13,16-17,20H,1-5,10-11H2,(H,23,24). The van der Waals surface area contributed by atoms with Gasteiger partial charge in [-0.25, -0.2) is 0 Å². The van der Waals surface area contributed by atoms with Gasteiger partial charge in [-0.2, -0.15) is 4.98 Å². The van der Waals surface area contributed by atoms with Crippen LogP contribution in [-0.4, -0.2) is 28.6 Å². The van der Waals surface area contributed by atoms with Crippen LogP contribution in [0.15, 0.2) is 35.1 Å². The fraction of sp³-hybridized carbons (Fsp3) is 0.526. The van der Waals surface area contributed by atoms with Crippen LogP contribution in [0.2, 0.25) is 0 Å². The molecule has 2 fully saturated rings. The van der Waals surface area contributed by atoms with Crippen molar-refractivity contribution in [3.05, 3.63) is 30.6 Å². The molecule has 0 bridgehead atoms. The predicted molar refractivity (Wildman–Crippen MR) is 94.8 cm³/mol. The molecule has 2 aliphatic rings. The number of carbonyl (C=O) groups is 1. The minimum Gasteiger partial charge on any atom is -0.334 e. The van der Waals surface area contributed by atoms with Gasteiger partial charge < -0.3 is 15.2 Å². The molecule has 2 heterocycles. The summed E-state index contributed by atoms with van der Waals surface area (Å²) in [6, 6.07) is 7.44. The van der Waals surface area contributed by atoms with Crippen molar-refractivity contribution in [1.82, 2.24) is 15.5 Å². The summed E-state index contributed by atoms with van der Waals surface area (Å²) in [6.07, 6.45) is 9.00. The van der Waals surface area contributed by atoms with E-state index in [9.17, 15) is 4.79 Å². The van der Waals surface area contributed by atoms with Gasteiger partial charge in [0.2, 0.25) is 5.91 Å². The molecule has 1 saturated carbocycles. The minimum atomic E-state index is -0.0706. The lowest BCUT2D eigenvalue weighted by molar-refractivity contribution is -0.119. The first-order valence-corrected chi connectivity index (χ1v) is 9.22. The molecule has 1 amide bonds. The van der Waals surface area contributed by atoms with E-state index in [-0.39, 0.29) is 11.9 Å². The van der Waals surface area contributed by atoms with Gasteiger partial charge in [0.05, 0.1) is 6.04 Å². The second-order valence-corrected chi connectivity index (χ2v) is 7.10. The van der Waals surface area contributed by atoms with Crippen LogP contribution < -0.4 is 10.6 Å². The van der Waals surface area contributed by atoms with E-state index in [1.54, 1.807) is 0 Å². The molecule has 25 heavy (non-hydrogen) atoms. The maximum atomic E-state index is 12.8. The molecular formula is C19H24N4O2. The summed E-state index contributed by atoms with van der Waals surface area (Å²) in [4.78, 5) is 16.8. The van der Waals surface area contributed by atoms with Gasteiger partial charge in [-0.3, -0.25) is 4.79 Å². The highest BCUT2D eigenvalue weighted by Crippen LogP contribution is 2.36. The van der Waals surface area contributed by atoms with Crippen molar-refractivity contribution >= 4 is 11.6 Å². The number of carbonyl (C=O) groups excluding carboxylic acids is 1. The number of hydrogen-bond acceptors (Lipinski definition) is 5. The Balaban J connectivity index is 1.40. The molecular weight excluding hydrogens is 316 g/mol. The Hall–Kier alpha value is -2.21. The number of amides is 1. The van der Waals surface area contributed by atoms with E-state index < -0.39 is 0 Å². The lowest BCUT2D eigenvalue weighted by atomic mass is 9.76. The summed E-state index contributed by atoms with van der Waals surface area (Å²) >= 11 is 0. The second-order valence-electron chi connectivity index (χ2n) is 7.10. The molecule has 132 valence electrons. The molecule has 1 aromatic heterocycles. The van der Waals surface area contributed by atoms with Crippen LogP contribution in [-0.2, 0) is 4.79 Å². The third kappa shape index (κ3) is 3.58. The zero-order valence-electron chi connectivity index (χ0n) is 14.3. The van der Waals surface area contributed by atoms with Crippen LogP contribution in [0.25, 0.3) is 11.5 Å². The van der Waals surface area contributed by atoms with Crippen LogP contribution in [0.5, 0.6) is 0 Å². The van der Waals surface area contributed by atoms with Crippen LogP contribution in [0, 0.1) is 11.8 Å². The first-order chi connectivity index (χ1) is 12.3. The highest BCUT2D eigenvalue weighted by atomic mass is 16.5. The van der Waals surface area contributed by atoms with Gasteiger partial charge in [0, 0.05) is 11.3 Å². The van der Waals surface area contributed by atoms with Gasteiger partial charge in [0.1, 0.15) is 0 Å². The zero-order valence-corrected chi connectivity index (χ0v) is 14.3. The molecule has 6 heteroatoms. The van der Waals surface area contributed by atoms with E-state index in [2.05, 4.69) is 20.8 Å². The second kappa shape index (κ2) is 7.35. The predicted octanol–water partition coefficient (Wildman–Crippen LogP) is 3.23. The minimum absolute atomic E-state index is 0.0706. The Morgan fingerprint density at radius 3 is 2.64 bits per heavy atom. The monoisotopic (exact) mass is 340 g/mol. The average molecular weight is 340 g/mol. The smallest absolute Gasteiger partial charge is 0.257 e. The lowest BCUT2D eigenvalue weighted by Gasteiger charge is -2.30. The Morgan fingerprint density at radius 1 is 1.12 bits per heavy atom. The number of rotatable bonds is 4. The quantitative estimate of drug-likeness (QED) is 0.893. The van der Waals surface area contributed by atoms with Gasteiger partial charge >= 0.3 is 0 Å². The third-order valence-electron chi connectivity index (χ3n) is 5.57. The third-order valence-corrected chi connectivity index (χ3v) is 5.57. The molecule has 0 spiro atoms. The maximum Gasteiger partial charge on any atom is 0.257 e. The number of nitrogens with zero attached hydrogens (tertiary/aromatic N) is 2. The van der Waals surface area contributed by atoms with E-state index >= 15 is 0 Å². The number of hydrogen-bond donors (Lipinski definition) is 2. The molecule has 1 aliphatic heterocycles. The fourth-order valence-corrected chi connectivity index (χ4v) is 4.30. The highest BCUT2D eigenvalue weighted by Gasteiger charge is 2.38. The summed E-state index contributed by atoms with van der Waals surface area (Å²) in [5.74, 6) is 1.73. The zero-order chi connectivity index (χ0) is 17.1. The van der Waals surface area contributed by atoms with Crippen LogP contribution in [0.4, 0.5) is 5.69 Å². The van der Waals surface area contributed by atoms with Gasteiger partial charge in [-0.15, -0.1) is 0 Å². The van der Waals surface area contributed by atoms with Crippen molar-refractivity contribution in [2.75, 3.05) is 11.9 Å². The Morgan fingerprint density at radius 2 is 1.92 bits per heavy atom. The van der Waals surface area contributed by atoms with Crippen molar-refractivity contribution in [1.29, 1.82) is 0 Å². The van der Waals surface area contributed by atoms with E-state index in [1.165, 1.54) is 38.4 Å². The van der Waals surface area contributed by atoms with Gasteiger partial charge in [-0.05, 0) is 49.1 Å². The van der Waals surface area contributed by atoms with Crippen LogP contribution in [0.1, 0.15) is 38.5 Å². The first kappa shape index (κ1) is 16.3. The Kier molecular flexibility index (Phi) is 4.78.